The molecule has 0 radical (unpaired) electrons. The average Bonchev–Trinajstić information content (AvgIpc) is 3.00. The summed E-state index contributed by atoms with van der Waals surface area (Å²) in [6, 6.07) is 6.41. The van der Waals surface area contributed by atoms with E-state index in [1.165, 1.54) is 23.6 Å². The Labute approximate surface area is 139 Å². The van der Waals surface area contributed by atoms with Crippen molar-refractivity contribution in [2.45, 2.75) is 0 Å². The van der Waals surface area contributed by atoms with Gasteiger partial charge in [0.1, 0.15) is 5.52 Å². The minimum absolute atomic E-state index is 0.0443. The van der Waals surface area contributed by atoms with E-state index in [1.807, 2.05) is 0 Å². The first-order chi connectivity index (χ1) is 9.99. The zero-order valence-electron chi connectivity index (χ0n) is 10.2. The molecular formula is C13H6Br2N2O3S. The number of H-pyrrole nitrogens is 1. The van der Waals surface area contributed by atoms with Crippen LogP contribution in [0.2, 0.25) is 0 Å². The van der Waals surface area contributed by atoms with Crippen molar-refractivity contribution in [1.29, 1.82) is 0 Å². The molecule has 8 heteroatoms. The summed E-state index contributed by atoms with van der Waals surface area (Å²) in [6.45, 7) is 0. The fourth-order valence-corrected chi connectivity index (χ4v) is 4.91. The first kappa shape index (κ1) is 14.4. The highest BCUT2D eigenvalue weighted by Crippen LogP contribution is 2.35. The van der Waals surface area contributed by atoms with Crippen molar-refractivity contribution < 1.29 is 9.72 Å². The van der Waals surface area contributed by atoms with Gasteiger partial charge < -0.3 is 4.98 Å². The summed E-state index contributed by atoms with van der Waals surface area (Å²) in [5.74, 6) is -0.185. The standard InChI is InChI=1S/C13H6Br2N2O3S/c14-10-4-7(13(15)21-10)12(18)8-5-16-11-6(8)2-1-3-9(11)17(19)20/h1-5,16H. The second kappa shape index (κ2) is 5.36. The van der Waals surface area contributed by atoms with Gasteiger partial charge in [0, 0.05) is 28.8 Å². The van der Waals surface area contributed by atoms with Crippen LogP contribution in [-0.4, -0.2) is 15.7 Å². The first-order valence-corrected chi connectivity index (χ1v) is 8.13. The van der Waals surface area contributed by atoms with E-state index in [2.05, 4.69) is 36.8 Å². The van der Waals surface area contributed by atoms with E-state index in [9.17, 15) is 14.9 Å². The molecule has 0 fully saturated rings. The van der Waals surface area contributed by atoms with Gasteiger partial charge in [0.25, 0.3) is 5.69 Å². The quantitative estimate of drug-likeness (QED) is 0.365. The Balaban J connectivity index is 2.18. The molecule has 3 aromatic rings. The number of carbonyl (C=O) groups is 1. The molecule has 0 aliphatic carbocycles. The lowest BCUT2D eigenvalue weighted by Gasteiger charge is -1.98. The molecule has 1 aromatic carbocycles. The molecule has 0 unspecified atom stereocenters. The molecule has 0 aliphatic heterocycles. The number of nitro groups is 1. The molecular weight excluding hydrogens is 424 g/mol. The van der Waals surface area contributed by atoms with Crippen LogP contribution in [0.3, 0.4) is 0 Å². The van der Waals surface area contributed by atoms with E-state index in [0.717, 1.165) is 7.57 Å². The average molecular weight is 430 g/mol. The molecule has 106 valence electrons. The summed E-state index contributed by atoms with van der Waals surface area (Å²) in [5.41, 5.74) is 1.26. The van der Waals surface area contributed by atoms with Gasteiger partial charge in [-0.2, -0.15) is 0 Å². The van der Waals surface area contributed by atoms with E-state index in [1.54, 1.807) is 18.2 Å². The van der Waals surface area contributed by atoms with E-state index in [-0.39, 0.29) is 11.5 Å². The molecule has 0 aliphatic rings. The number of carbonyl (C=O) groups excluding carboxylic acids is 1. The molecule has 2 aromatic heterocycles. The Morgan fingerprint density at radius 1 is 1.29 bits per heavy atom. The number of nitrogens with zero attached hydrogens (tertiary/aromatic N) is 1. The third kappa shape index (κ3) is 2.43. The fraction of sp³-hybridized carbons (Fsp3) is 0. The van der Waals surface area contributed by atoms with Crippen LogP contribution in [0.25, 0.3) is 10.9 Å². The van der Waals surface area contributed by atoms with Crippen LogP contribution >= 0.6 is 43.2 Å². The Hall–Kier alpha value is -1.51. The molecule has 0 atom stereocenters. The van der Waals surface area contributed by atoms with Crippen LogP contribution in [0.4, 0.5) is 5.69 Å². The second-order valence-corrected chi connectivity index (χ2v) is 7.98. The first-order valence-electron chi connectivity index (χ1n) is 5.73. The predicted molar refractivity (Wildman–Crippen MR) is 88.1 cm³/mol. The summed E-state index contributed by atoms with van der Waals surface area (Å²) >= 11 is 8.09. The van der Waals surface area contributed by atoms with Crippen molar-refractivity contribution in [3.8, 4) is 0 Å². The van der Waals surface area contributed by atoms with Crippen LogP contribution in [0.15, 0.2) is 38.0 Å². The molecule has 0 saturated heterocycles. The number of rotatable bonds is 3. The normalized spacial score (nSPS) is 11.0. The van der Waals surface area contributed by atoms with Crippen LogP contribution < -0.4 is 0 Å². The highest BCUT2D eigenvalue weighted by Gasteiger charge is 2.22. The van der Waals surface area contributed by atoms with Crippen LogP contribution in [0.5, 0.6) is 0 Å². The zero-order valence-corrected chi connectivity index (χ0v) is 14.2. The number of hydrogen-bond acceptors (Lipinski definition) is 4. The summed E-state index contributed by atoms with van der Waals surface area (Å²) in [6.07, 6.45) is 1.51. The summed E-state index contributed by atoms with van der Waals surface area (Å²) < 4.78 is 1.56. The van der Waals surface area contributed by atoms with Crippen molar-refractivity contribution in [3.05, 3.63) is 59.3 Å². The Morgan fingerprint density at radius 3 is 2.67 bits per heavy atom. The topological polar surface area (TPSA) is 76.0 Å². The molecule has 21 heavy (non-hydrogen) atoms. The SMILES string of the molecule is O=C(c1cc(Br)sc1Br)c1c[nH]c2c([N+](=O)[O-])cccc12. The van der Waals surface area contributed by atoms with E-state index in [0.29, 0.717) is 22.0 Å². The van der Waals surface area contributed by atoms with Gasteiger partial charge >= 0.3 is 0 Å². The molecule has 5 nitrogen and oxygen atoms in total. The van der Waals surface area contributed by atoms with Crippen LogP contribution in [0.1, 0.15) is 15.9 Å². The molecule has 0 amide bonds. The minimum atomic E-state index is -0.468. The van der Waals surface area contributed by atoms with Gasteiger partial charge in [-0.15, -0.1) is 11.3 Å². The van der Waals surface area contributed by atoms with Crippen molar-refractivity contribution in [3.63, 3.8) is 0 Å². The number of nitro benzene ring substituents is 1. The number of aromatic nitrogens is 1. The van der Waals surface area contributed by atoms with Crippen molar-refractivity contribution in [2.24, 2.45) is 0 Å². The molecule has 0 bridgehead atoms. The maximum Gasteiger partial charge on any atom is 0.293 e. The minimum Gasteiger partial charge on any atom is -0.355 e. The molecule has 3 rings (SSSR count). The van der Waals surface area contributed by atoms with Gasteiger partial charge in [0.05, 0.1) is 12.5 Å². The highest BCUT2D eigenvalue weighted by molar-refractivity contribution is 9.12. The Kier molecular flexibility index (Phi) is 3.68. The number of hydrogen-bond donors (Lipinski definition) is 1. The number of benzene rings is 1. The summed E-state index contributed by atoms with van der Waals surface area (Å²) in [7, 11) is 0. The Morgan fingerprint density at radius 2 is 2.05 bits per heavy atom. The van der Waals surface area contributed by atoms with E-state index in [4.69, 9.17) is 0 Å². The smallest absolute Gasteiger partial charge is 0.293 e. The fourth-order valence-electron chi connectivity index (χ4n) is 2.12. The number of ketones is 1. The highest BCUT2D eigenvalue weighted by atomic mass is 79.9. The number of para-hydroxylation sites is 1. The third-order valence-electron chi connectivity index (χ3n) is 3.04. The van der Waals surface area contributed by atoms with Gasteiger partial charge in [-0.05, 0) is 37.9 Å². The van der Waals surface area contributed by atoms with Gasteiger partial charge in [-0.25, -0.2) is 0 Å². The Bertz CT molecular complexity index is 885. The maximum atomic E-state index is 12.6. The molecule has 2 heterocycles. The number of fused-ring (bicyclic) bond motifs is 1. The number of nitrogens with one attached hydrogen (secondary N) is 1. The van der Waals surface area contributed by atoms with Crippen LogP contribution in [-0.2, 0) is 0 Å². The lowest BCUT2D eigenvalue weighted by molar-refractivity contribution is -0.383. The largest absolute Gasteiger partial charge is 0.355 e. The lowest BCUT2D eigenvalue weighted by Crippen LogP contribution is -1.99. The maximum absolute atomic E-state index is 12.6. The second-order valence-electron chi connectivity index (χ2n) is 4.23. The summed E-state index contributed by atoms with van der Waals surface area (Å²) in [4.78, 5) is 26.0. The third-order valence-corrected chi connectivity index (χ3v) is 5.38. The lowest BCUT2D eigenvalue weighted by atomic mass is 10.0. The van der Waals surface area contributed by atoms with Crippen molar-refractivity contribution in [1.82, 2.24) is 4.98 Å². The van der Waals surface area contributed by atoms with Gasteiger partial charge in [-0.3, -0.25) is 14.9 Å². The van der Waals surface area contributed by atoms with Crippen LogP contribution in [0, 0.1) is 10.1 Å². The molecule has 0 spiro atoms. The van der Waals surface area contributed by atoms with E-state index < -0.39 is 4.92 Å². The monoisotopic (exact) mass is 428 g/mol. The van der Waals surface area contributed by atoms with Gasteiger partial charge in [0.15, 0.2) is 5.78 Å². The number of non-ortho nitro benzene ring substituents is 1. The van der Waals surface area contributed by atoms with Crippen molar-refractivity contribution >= 4 is 65.6 Å². The number of thiophene rings is 1. The van der Waals surface area contributed by atoms with Crippen molar-refractivity contribution in [2.75, 3.05) is 0 Å². The number of halogens is 2. The van der Waals surface area contributed by atoms with Gasteiger partial charge in [-0.1, -0.05) is 12.1 Å². The molecule has 0 saturated carbocycles. The predicted octanol–water partition coefficient (Wildman–Crippen LogP) is 4.89. The van der Waals surface area contributed by atoms with E-state index >= 15 is 0 Å². The zero-order chi connectivity index (χ0) is 15.1. The van der Waals surface area contributed by atoms with Gasteiger partial charge in [0.2, 0.25) is 0 Å². The summed E-state index contributed by atoms with van der Waals surface area (Å²) in [5, 5.41) is 11.6. The molecule has 1 N–H and O–H groups in total. The number of aromatic amines is 1.